The maximum absolute atomic E-state index is 11.2. The molecule has 0 aliphatic rings. The van der Waals surface area contributed by atoms with Crippen LogP contribution in [0.2, 0.25) is 0 Å². The summed E-state index contributed by atoms with van der Waals surface area (Å²) in [5.41, 5.74) is 1.30. The Morgan fingerprint density at radius 2 is 2.14 bits per heavy atom. The third kappa shape index (κ3) is 2.29. The molecule has 0 unspecified atom stereocenters. The number of hydrogen-bond acceptors (Lipinski definition) is 4. The minimum atomic E-state index is -0.386. The van der Waals surface area contributed by atoms with E-state index in [9.17, 15) is 4.79 Å². The van der Waals surface area contributed by atoms with Gasteiger partial charge in [0, 0.05) is 19.5 Å². The van der Waals surface area contributed by atoms with Gasteiger partial charge in [-0.25, -0.2) is 4.79 Å². The molecule has 0 aliphatic heterocycles. The van der Waals surface area contributed by atoms with E-state index in [0.29, 0.717) is 5.56 Å². The lowest BCUT2D eigenvalue weighted by molar-refractivity contribution is 0.0599. The Bertz CT molecular complexity index is 325. The molecule has 0 spiro atoms. The van der Waals surface area contributed by atoms with Gasteiger partial charge in [-0.3, -0.25) is 4.98 Å². The zero-order valence-corrected chi connectivity index (χ0v) is 8.48. The van der Waals surface area contributed by atoms with Crippen LogP contribution in [0.15, 0.2) is 18.5 Å². The molecule has 14 heavy (non-hydrogen) atoms. The van der Waals surface area contributed by atoms with Crippen LogP contribution in [0.3, 0.4) is 0 Å². The molecule has 0 amide bonds. The molecule has 0 N–H and O–H groups in total. The van der Waals surface area contributed by atoms with Crippen LogP contribution < -0.4 is 0 Å². The summed E-state index contributed by atoms with van der Waals surface area (Å²) in [6.07, 6.45) is 3.06. The molecule has 76 valence electrons. The van der Waals surface area contributed by atoms with Crippen LogP contribution in [0.25, 0.3) is 0 Å². The lowest BCUT2D eigenvalue weighted by Gasteiger charge is -2.09. The second-order valence-electron chi connectivity index (χ2n) is 2.88. The molecular weight excluding hydrogens is 182 g/mol. The summed E-state index contributed by atoms with van der Waals surface area (Å²) in [6.45, 7) is 1.89. The van der Waals surface area contributed by atoms with Gasteiger partial charge in [0.1, 0.15) is 0 Å². The molecule has 0 bridgehead atoms. The number of methoxy groups -OCH3 is 2. The summed E-state index contributed by atoms with van der Waals surface area (Å²) >= 11 is 0. The molecule has 0 saturated heterocycles. The highest BCUT2D eigenvalue weighted by Crippen LogP contribution is 2.15. The second-order valence-corrected chi connectivity index (χ2v) is 2.88. The van der Waals surface area contributed by atoms with Crippen molar-refractivity contribution in [1.82, 2.24) is 4.98 Å². The Kier molecular flexibility index (Phi) is 3.59. The van der Waals surface area contributed by atoms with Gasteiger partial charge < -0.3 is 9.47 Å². The van der Waals surface area contributed by atoms with Gasteiger partial charge in [-0.05, 0) is 18.6 Å². The summed E-state index contributed by atoms with van der Waals surface area (Å²) in [6, 6.07) is 1.72. The van der Waals surface area contributed by atoms with Gasteiger partial charge in [0.15, 0.2) is 0 Å². The fourth-order valence-electron chi connectivity index (χ4n) is 1.05. The third-order valence-electron chi connectivity index (χ3n) is 2.00. The molecule has 1 aromatic heterocycles. The highest BCUT2D eigenvalue weighted by Gasteiger charge is 2.09. The Morgan fingerprint density at radius 1 is 1.43 bits per heavy atom. The highest BCUT2D eigenvalue weighted by atomic mass is 16.5. The zero-order valence-electron chi connectivity index (χ0n) is 8.48. The predicted molar refractivity (Wildman–Crippen MR) is 51.0 cm³/mol. The van der Waals surface area contributed by atoms with E-state index in [0.717, 1.165) is 5.56 Å². The molecule has 1 rings (SSSR count). The van der Waals surface area contributed by atoms with E-state index in [1.165, 1.54) is 13.3 Å². The minimum absolute atomic E-state index is 0.0768. The zero-order chi connectivity index (χ0) is 10.6. The smallest absolute Gasteiger partial charge is 0.339 e. The molecule has 1 aromatic rings. The molecule has 0 aliphatic carbocycles. The van der Waals surface area contributed by atoms with Crippen molar-refractivity contribution in [1.29, 1.82) is 0 Å². The molecular formula is C10H13NO3. The molecule has 0 saturated carbocycles. The van der Waals surface area contributed by atoms with E-state index in [2.05, 4.69) is 9.72 Å². The average molecular weight is 195 g/mol. The van der Waals surface area contributed by atoms with Gasteiger partial charge in [0.05, 0.1) is 18.8 Å². The van der Waals surface area contributed by atoms with Crippen LogP contribution in [0.4, 0.5) is 0 Å². The fourth-order valence-corrected chi connectivity index (χ4v) is 1.05. The first-order chi connectivity index (χ1) is 6.69. The fraction of sp³-hybridized carbons (Fsp3) is 0.400. The first-order valence-electron chi connectivity index (χ1n) is 4.25. The van der Waals surface area contributed by atoms with E-state index in [-0.39, 0.29) is 12.1 Å². The number of nitrogens with zero attached hydrogens (tertiary/aromatic N) is 1. The quantitative estimate of drug-likeness (QED) is 0.687. The number of hydrogen-bond donors (Lipinski definition) is 0. The van der Waals surface area contributed by atoms with E-state index in [1.54, 1.807) is 19.4 Å². The van der Waals surface area contributed by atoms with Gasteiger partial charge in [-0.2, -0.15) is 0 Å². The van der Waals surface area contributed by atoms with Gasteiger partial charge >= 0.3 is 5.97 Å². The van der Waals surface area contributed by atoms with Crippen molar-refractivity contribution in [3.8, 4) is 0 Å². The first kappa shape index (κ1) is 10.7. The van der Waals surface area contributed by atoms with Crippen molar-refractivity contribution in [3.63, 3.8) is 0 Å². The topological polar surface area (TPSA) is 48.4 Å². The van der Waals surface area contributed by atoms with Gasteiger partial charge in [0.25, 0.3) is 0 Å². The Hall–Kier alpha value is -1.42. The number of pyridine rings is 1. The van der Waals surface area contributed by atoms with E-state index in [4.69, 9.17) is 4.74 Å². The van der Waals surface area contributed by atoms with Crippen molar-refractivity contribution >= 4 is 5.97 Å². The predicted octanol–water partition coefficient (Wildman–Crippen LogP) is 1.58. The molecule has 0 fully saturated rings. The highest BCUT2D eigenvalue weighted by molar-refractivity contribution is 5.89. The number of esters is 1. The Morgan fingerprint density at radius 3 is 2.71 bits per heavy atom. The number of carbonyl (C=O) groups is 1. The van der Waals surface area contributed by atoms with Crippen LogP contribution in [0, 0.1) is 0 Å². The van der Waals surface area contributed by atoms with Crippen molar-refractivity contribution in [2.45, 2.75) is 13.0 Å². The van der Waals surface area contributed by atoms with Crippen molar-refractivity contribution < 1.29 is 14.3 Å². The standard InChI is InChI=1S/C10H13NO3/c1-7(13-2)8-4-9(6-11-5-8)10(12)14-3/h4-7H,1-3H3/t7-/m1/s1. The Balaban J connectivity index is 2.95. The maximum Gasteiger partial charge on any atom is 0.339 e. The molecule has 4 heteroatoms. The van der Waals surface area contributed by atoms with Gasteiger partial charge in [-0.15, -0.1) is 0 Å². The summed E-state index contributed by atoms with van der Waals surface area (Å²) in [4.78, 5) is 15.1. The lowest BCUT2D eigenvalue weighted by Crippen LogP contribution is -2.04. The largest absolute Gasteiger partial charge is 0.465 e. The summed E-state index contributed by atoms with van der Waals surface area (Å²) in [7, 11) is 2.95. The Labute approximate surface area is 82.9 Å². The second kappa shape index (κ2) is 4.72. The third-order valence-corrected chi connectivity index (χ3v) is 2.00. The lowest BCUT2D eigenvalue weighted by atomic mass is 10.1. The van der Waals surface area contributed by atoms with Crippen LogP contribution >= 0.6 is 0 Å². The molecule has 0 radical (unpaired) electrons. The van der Waals surface area contributed by atoms with E-state index < -0.39 is 0 Å². The van der Waals surface area contributed by atoms with Gasteiger partial charge in [0.2, 0.25) is 0 Å². The average Bonchev–Trinajstić information content (AvgIpc) is 2.27. The summed E-state index contributed by atoms with van der Waals surface area (Å²) < 4.78 is 9.70. The molecule has 1 atom stereocenters. The summed E-state index contributed by atoms with van der Waals surface area (Å²) in [5.74, 6) is -0.386. The van der Waals surface area contributed by atoms with Crippen molar-refractivity contribution in [3.05, 3.63) is 29.6 Å². The molecule has 4 nitrogen and oxygen atoms in total. The maximum atomic E-state index is 11.2. The number of ether oxygens (including phenoxy) is 2. The van der Waals surface area contributed by atoms with Crippen LogP contribution in [-0.4, -0.2) is 25.2 Å². The van der Waals surface area contributed by atoms with Crippen LogP contribution in [0.5, 0.6) is 0 Å². The minimum Gasteiger partial charge on any atom is -0.465 e. The van der Waals surface area contributed by atoms with Crippen LogP contribution in [-0.2, 0) is 9.47 Å². The van der Waals surface area contributed by atoms with Crippen molar-refractivity contribution in [2.24, 2.45) is 0 Å². The van der Waals surface area contributed by atoms with E-state index >= 15 is 0 Å². The number of rotatable bonds is 3. The number of carbonyl (C=O) groups excluding carboxylic acids is 1. The monoisotopic (exact) mass is 195 g/mol. The summed E-state index contributed by atoms with van der Waals surface area (Å²) in [5, 5.41) is 0. The molecule has 1 heterocycles. The molecule has 0 aromatic carbocycles. The van der Waals surface area contributed by atoms with E-state index in [1.807, 2.05) is 6.92 Å². The number of aromatic nitrogens is 1. The van der Waals surface area contributed by atoms with Crippen molar-refractivity contribution in [2.75, 3.05) is 14.2 Å². The van der Waals surface area contributed by atoms with Gasteiger partial charge in [-0.1, -0.05) is 0 Å². The normalized spacial score (nSPS) is 12.2. The van der Waals surface area contributed by atoms with Crippen LogP contribution in [0.1, 0.15) is 28.9 Å². The first-order valence-corrected chi connectivity index (χ1v) is 4.25. The SMILES string of the molecule is COC(=O)c1cncc([C@@H](C)OC)c1.